The molecule has 0 fully saturated rings. The number of anilines is 1. The molecule has 0 aliphatic rings. The first-order valence-electron chi connectivity index (χ1n) is 6.91. The molecule has 6 heteroatoms. The first-order valence-corrected chi connectivity index (χ1v) is 6.91. The average molecular weight is 315 g/mol. The molecular formula is C17H17NO5. The number of benzene rings is 2. The molecule has 1 amide bonds. The summed E-state index contributed by atoms with van der Waals surface area (Å²) in [7, 11) is 1.21. The van der Waals surface area contributed by atoms with E-state index in [0.717, 1.165) is 5.56 Å². The monoisotopic (exact) mass is 315 g/mol. The van der Waals surface area contributed by atoms with E-state index in [0.29, 0.717) is 5.75 Å². The van der Waals surface area contributed by atoms with Gasteiger partial charge in [-0.3, -0.25) is 4.79 Å². The van der Waals surface area contributed by atoms with Crippen molar-refractivity contribution in [3.8, 4) is 11.5 Å². The van der Waals surface area contributed by atoms with Crippen LogP contribution in [0.25, 0.3) is 0 Å². The Morgan fingerprint density at radius 2 is 1.83 bits per heavy atom. The van der Waals surface area contributed by atoms with Crippen LogP contribution in [-0.2, 0) is 9.53 Å². The SMILES string of the molecule is COC(=O)c1cccc(NC(=O)COc2ccc(C)cc2)c1O. The molecule has 0 radical (unpaired) electrons. The Morgan fingerprint density at radius 1 is 1.13 bits per heavy atom. The lowest BCUT2D eigenvalue weighted by Crippen LogP contribution is -2.20. The van der Waals surface area contributed by atoms with Gasteiger partial charge in [-0.05, 0) is 31.2 Å². The third-order valence-corrected chi connectivity index (χ3v) is 3.11. The molecule has 2 aromatic carbocycles. The number of amides is 1. The van der Waals surface area contributed by atoms with Crippen LogP contribution in [0.5, 0.6) is 11.5 Å². The van der Waals surface area contributed by atoms with Gasteiger partial charge in [0.2, 0.25) is 0 Å². The zero-order chi connectivity index (χ0) is 16.8. The Bertz CT molecular complexity index is 709. The second kappa shape index (κ2) is 7.31. The lowest BCUT2D eigenvalue weighted by atomic mass is 10.1. The van der Waals surface area contributed by atoms with Crippen LogP contribution < -0.4 is 10.1 Å². The first kappa shape index (κ1) is 16.4. The van der Waals surface area contributed by atoms with Gasteiger partial charge in [0, 0.05) is 0 Å². The van der Waals surface area contributed by atoms with Crippen LogP contribution in [0.4, 0.5) is 5.69 Å². The summed E-state index contributed by atoms with van der Waals surface area (Å²) in [5, 5.41) is 12.5. The van der Waals surface area contributed by atoms with E-state index >= 15 is 0 Å². The van der Waals surface area contributed by atoms with E-state index in [1.54, 1.807) is 12.1 Å². The Hall–Kier alpha value is -3.02. The lowest BCUT2D eigenvalue weighted by Gasteiger charge is -2.11. The summed E-state index contributed by atoms with van der Waals surface area (Å²) in [6, 6.07) is 11.7. The molecule has 2 rings (SSSR count). The Kier molecular flexibility index (Phi) is 5.19. The summed E-state index contributed by atoms with van der Waals surface area (Å²) in [6.07, 6.45) is 0. The standard InChI is InChI=1S/C17H17NO5/c1-11-6-8-12(9-7-11)23-10-15(19)18-14-5-3-4-13(16(14)20)17(21)22-2/h3-9,20H,10H2,1-2H3,(H,18,19). The van der Waals surface area contributed by atoms with Gasteiger partial charge in [0.15, 0.2) is 12.4 Å². The lowest BCUT2D eigenvalue weighted by molar-refractivity contribution is -0.118. The van der Waals surface area contributed by atoms with Crippen LogP contribution in [0.2, 0.25) is 0 Å². The highest BCUT2D eigenvalue weighted by Crippen LogP contribution is 2.27. The third kappa shape index (κ3) is 4.23. The minimum atomic E-state index is -0.686. The minimum Gasteiger partial charge on any atom is -0.505 e. The van der Waals surface area contributed by atoms with Gasteiger partial charge in [0.1, 0.15) is 11.3 Å². The summed E-state index contributed by atoms with van der Waals surface area (Å²) in [5.74, 6) is -0.918. The molecule has 0 bridgehead atoms. The molecule has 120 valence electrons. The van der Waals surface area contributed by atoms with E-state index in [9.17, 15) is 14.7 Å². The molecule has 0 atom stereocenters. The van der Waals surface area contributed by atoms with Crippen molar-refractivity contribution >= 4 is 17.6 Å². The normalized spacial score (nSPS) is 10.0. The van der Waals surface area contributed by atoms with Crippen molar-refractivity contribution in [1.82, 2.24) is 0 Å². The van der Waals surface area contributed by atoms with E-state index in [1.165, 1.54) is 25.3 Å². The maximum absolute atomic E-state index is 11.9. The number of para-hydroxylation sites is 1. The van der Waals surface area contributed by atoms with Gasteiger partial charge in [-0.2, -0.15) is 0 Å². The maximum Gasteiger partial charge on any atom is 0.341 e. The number of carbonyl (C=O) groups is 2. The number of ether oxygens (including phenoxy) is 2. The highest BCUT2D eigenvalue weighted by atomic mass is 16.5. The number of nitrogens with one attached hydrogen (secondary N) is 1. The quantitative estimate of drug-likeness (QED) is 0.654. The predicted octanol–water partition coefficient (Wildman–Crippen LogP) is 2.50. The summed E-state index contributed by atoms with van der Waals surface area (Å²) < 4.78 is 9.90. The van der Waals surface area contributed by atoms with Gasteiger partial charge in [0.05, 0.1) is 12.8 Å². The number of rotatable bonds is 5. The van der Waals surface area contributed by atoms with Gasteiger partial charge in [0.25, 0.3) is 5.91 Å². The number of carbonyl (C=O) groups excluding carboxylic acids is 2. The highest BCUT2D eigenvalue weighted by molar-refractivity contribution is 5.98. The topological polar surface area (TPSA) is 84.9 Å². The van der Waals surface area contributed by atoms with E-state index in [1.807, 2.05) is 19.1 Å². The molecule has 2 N–H and O–H groups in total. The number of hydrogen-bond donors (Lipinski definition) is 2. The summed E-state index contributed by atoms with van der Waals surface area (Å²) in [4.78, 5) is 23.4. The number of phenols is 1. The maximum atomic E-state index is 11.9. The van der Waals surface area contributed by atoms with Crippen molar-refractivity contribution in [3.05, 3.63) is 53.6 Å². The van der Waals surface area contributed by atoms with Gasteiger partial charge in [-0.1, -0.05) is 23.8 Å². The Morgan fingerprint density at radius 3 is 2.48 bits per heavy atom. The molecule has 0 spiro atoms. The van der Waals surface area contributed by atoms with E-state index in [2.05, 4.69) is 10.1 Å². The van der Waals surface area contributed by atoms with Crippen LogP contribution in [0.1, 0.15) is 15.9 Å². The average Bonchev–Trinajstić information content (AvgIpc) is 2.55. The highest BCUT2D eigenvalue weighted by Gasteiger charge is 2.16. The molecule has 0 saturated carbocycles. The van der Waals surface area contributed by atoms with E-state index in [4.69, 9.17) is 4.74 Å². The third-order valence-electron chi connectivity index (χ3n) is 3.11. The van der Waals surface area contributed by atoms with Crippen molar-refractivity contribution < 1.29 is 24.2 Å². The molecule has 0 aromatic heterocycles. The van der Waals surface area contributed by atoms with Gasteiger partial charge >= 0.3 is 5.97 Å². The fourth-order valence-corrected chi connectivity index (χ4v) is 1.89. The van der Waals surface area contributed by atoms with E-state index < -0.39 is 11.9 Å². The molecule has 0 saturated heterocycles. The summed E-state index contributed by atoms with van der Waals surface area (Å²) in [6.45, 7) is 1.73. The zero-order valence-corrected chi connectivity index (χ0v) is 12.8. The van der Waals surface area contributed by atoms with Crippen LogP contribution in [0.3, 0.4) is 0 Å². The second-order valence-electron chi connectivity index (χ2n) is 4.84. The molecule has 6 nitrogen and oxygen atoms in total. The van der Waals surface area contributed by atoms with Crippen molar-refractivity contribution in [2.45, 2.75) is 6.92 Å². The first-order chi connectivity index (χ1) is 11.0. The van der Waals surface area contributed by atoms with Crippen LogP contribution in [0.15, 0.2) is 42.5 Å². The van der Waals surface area contributed by atoms with Crippen LogP contribution in [0, 0.1) is 6.92 Å². The van der Waals surface area contributed by atoms with Crippen LogP contribution >= 0.6 is 0 Å². The molecular weight excluding hydrogens is 298 g/mol. The fraction of sp³-hybridized carbons (Fsp3) is 0.176. The fourth-order valence-electron chi connectivity index (χ4n) is 1.89. The zero-order valence-electron chi connectivity index (χ0n) is 12.8. The predicted molar refractivity (Wildman–Crippen MR) is 84.8 cm³/mol. The Balaban J connectivity index is 2.00. The van der Waals surface area contributed by atoms with Crippen molar-refractivity contribution in [2.75, 3.05) is 19.0 Å². The largest absolute Gasteiger partial charge is 0.505 e. The van der Waals surface area contributed by atoms with Crippen LogP contribution in [-0.4, -0.2) is 30.7 Å². The second-order valence-corrected chi connectivity index (χ2v) is 4.84. The van der Waals surface area contributed by atoms with E-state index in [-0.39, 0.29) is 23.6 Å². The van der Waals surface area contributed by atoms with Gasteiger partial charge < -0.3 is 19.9 Å². The number of phenolic OH excluding ortho intramolecular Hbond substituents is 1. The number of hydrogen-bond acceptors (Lipinski definition) is 5. The van der Waals surface area contributed by atoms with Gasteiger partial charge in [-0.25, -0.2) is 4.79 Å². The number of aryl methyl sites for hydroxylation is 1. The Labute approximate surface area is 133 Å². The van der Waals surface area contributed by atoms with Gasteiger partial charge in [-0.15, -0.1) is 0 Å². The molecule has 0 aliphatic carbocycles. The number of aromatic hydroxyl groups is 1. The van der Waals surface area contributed by atoms with Crippen molar-refractivity contribution in [3.63, 3.8) is 0 Å². The van der Waals surface area contributed by atoms with Crippen molar-refractivity contribution in [1.29, 1.82) is 0 Å². The number of methoxy groups -OCH3 is 1. The summed E-state index contributed by atoms with van der Waals surface area (Å²) in [5.41, 5.74) is 1.18. The molecule has 0 heterocycles. The minimum absolute atomic E-state index is 0.0234. The summed E-state index contributed by atoms with van der Waals surface area (Å²) >= 11 is 0. The van der Waals surface area contributed by atoms with Crippen molar-refractivity contribution in [2.24, 2.45) is 0 Å². The molecule has 23 heavy (non-hydrogen) atoms. The smallest absolute Gasteiger partial charge is 0.341 e. The molecule has 2 aromatic rings. The molecule has 0 aliphatic heterocycles. The number of esters is 1. The molecule has 0 unspecified atom stereocenters.